The van der Waals surface area contributed by atoms with Gasteiger partial charge in [0.05, 0.1) is 5.25 Å². The van der Waals surface area contributed by atoms with Gasteiger partial charge in [0.1, 0.15) is 0 Å². The molecule has 0 spiro atoms. The third kappa shape index (κ3) is 4.65. The maximum atomic E-state index is 12.7. The van der Waals surface area contributed by atoms with E-state index in [1.54, 1.807) is 0 Å². The maximum absolute atomic E-state index is 12.7. The van der Waals surface area contributed by atoms with E-state index >= 15 is 0 Å². The van der Waals surface area contributed by atoms with Crippen molar-refractivity contribution in [1.29, 1.82) is 0 Å². The summed E-state index contributed by atoms with van der Waals surface area (Å²) in [4.78, 5) is 0. The molecule has 2 nitrogen and oxygen atoms in total. The Bertz CT molecular complexity index is 255. The molecule has 0 aromatic rings. The highest BCUT2D eigenvalue weighted by molar-refractivity contribution is 7.86. The Kier molecular flexibility index (Phi) is 7.47. The fourth-order valence-corrected chi connectivity index (χ4v) is 4.70. The highest BCUT2D eigenvalue weighted by Crippen LogP contribution is 2.26. The first-order chi connectivity index (χ1) is 8.57. The standard InChI is InChI=1S/C15H31NOS/c1-5-11-16-14-9-7-6-8-10-15(14)18(17)13(4)12(2)3/h12-16H,5-11H2,1-4H3. The average molecular weight is 273 g/mol. The van der Waals surface area contributed by atoms with Gasteiger partial charge in [-0.25, -0.2) is 0 Å². The minimum absolute atomic E-state index is 0.319. The van der Waals surface area contributed by atoms with E-state index in [2.05, 4.69) is 33.0 Å². The zero-order valence-corrected chi connectivity index (χ0v) is 13.4. The summed E-state index contributed by atoms with van der Waals surface area (Å²) in [6.07, 6.45) is 7.38. The molecule has 1 aliphatic rings. The van der Waals surface area contributed by atoms with Crippen molar-refractivity contribution < 1.29 is 4.21 Å². The van der Waals surface area contributed by atoms with Crippen molar-refractivity contribution in [1.82, 2.24) is 5.32 Å². The monoisotopic (exact) mass is 273 g/mol. The molecule has 0 heterocycles. The Balaban J connectivity index is 2.68. The maximum Gasteiger partial charge on any atom is 0.0504 e. The molecule has 18 heavy (non-hydrogen) atoms. The third-order valence-corrected chi connectivity index (χ3v) is 6.65. The summed E-state index contributed by atoms with van der Waals surface area (Å²) in [5.74, 6) is 0.515. The lowest BCUT2D eigenvalue weighted by Crippen LogP contribution is -2.44. The molecule has 4 atom stereocenters. The summed E-state index contributed by atoms with van der Waals surface area (Å²) < 4.78 is 12.7. The van der Waals surface area contributed by atoms with Gasteiger partial charge in [0.25, 0.3) is 0 Å². The Labute approximate surface area is 116 Å². The summed E-state index contributed by atoms with van der Waals surface area (Å²) in [6, 6.07) is 0.481. The molecule has 4 unspecified atom stereocenters. The zero-order chi connectivity index (χ0) is 13.5. The highest BCUT2D eigenvalue weighted by atomic mass is 32.2. The molecule has 1 aliphatic carbocycles. The lowest BCUT2D eigenvalue weighted by atomic mass is 10.1. The van der Waals surface area contributed by atoms with Crippen LogP contribution in [-0.4, -0.2) is 27.3 Å². The molecule has 0 aromatic heterocycles. The second-order valence-electron chi connectivity index (χ2n) is 6.01. The smallest absolute Gasteiger partial charge is 0.0504 e. The van der Waals surface area contributed by atoms with E-state index in [-0.39, 0.29) is 0 Å². The molecule has 0 saturated heterocycles. The van der Waals surface area contributed by atoms with Crippen LogP contribution in [0.2, 0.25) is 0 Å². The predicted molar refractivity (Wildman–Crippen MR) is 81.4 cm³/mol. The normalized spacial score (nSPS) is 28.9. The summed E-state index contributed by atoms with van der Waals surface area (Å²) >= 11 is 0. The predicted octanol–water partition coefficient (Wildman–Crippen LogP) is 3.48. The lowest BCUT2D eigenvalue weighted by molar-refractivity contribution is 0.458. The fraction of sp³-hybridized carbons (Fsp3) is 1.00. The van der Waals surface area contributed by atoms with Crippen molar-refractivity contribution in [3.8, 4) is 0 Å². The second kappa shape index (κ2) is 8.31. The van der Waals surface area contributed by atoms with Crippen molar-refractivity contribution in [3.63, 3.8) is 0 Å². The molecule has 108 valence electrons. The van der Waals surface area contributed by atoms with Gasteiger partial charge in [-0.3, -0.25) is 4.21 Å². The van der Waals surface area contributed by atoms with E-state index in [0.717, 1.165) is 19.4 Å². The topological polar surface area (TPSA) is 29.1 Å². The van der Waals surface area contributed by atoms with Crippen LogP contribution in [0.3, 0.4) is 0 Å². The van der Waals surface area contributed by atoms with Crippen molar-refractivity contribution in [2.75, 3.05) is 6.54 Å². The van der Waals surface area contributed by atoms with Crippen LogP contribution in [0.15, 0.2) is 0 Å². The molecule has 0 radical (unpaired) electrons. The van der Waals surface area contributed by atoms with Crippen molar-refractivity contribution >= 4 is 10.8 Å². The molecular formula is C15H31NOS. The first kappa shape index (κ1) is 16.2. The van der Waals surface area contributed by atoms with Crippen LogP contribution in [0.25, 0.3) is 0 Å². The van der Waals surface area contributed by atoms with Gasteiger partial charge in [-0.15, -0.1) is 0 Å². The highest BCUT2D eigenvalue weighted by Gasteiger charge is 2.31. The summed E-state index contributed by atoms with van der Waals surface area (Å²) in [5.41, 5.74) is 0. The van der Waals surface area contributed by atoms with Gasteiger partial charge in [-0.05, 0) is 31.7 Å². The van der Waals surface area contributed by atoms with Crippen LogP contribution in [0, 0.1) is 5.92 Å². The van der Waals surface area contributed by atoms with Crippen LogP contribution in [0.1, 0.15) is 66.2 Å². The first-order valence-corrected chi connectivity index (χ1v) is 8.98. The zero-order valence-electron chi connectivity index (χ0n) is 12.6. The molecular weight excluding hydrogens is 242 g/mol. The fourth-order valence-electron chi connectivity index (χ4n) is 2.66. The number of rotatable bonds is 6. The van der Waals surface area contributed by atoms with Crippen molar-refractivity contribution in [3.05, 3.63) is 0 Å². The van der Waals surface area contributed by atoms with E-state index in [4.69, 9.17) is 0 Å². The molecule has 1 rings (SSSR count). The quantitative estimate of drug-likeness (QED) is 0.751. The molecule has 0 amide bonds. The minimum Gasteiger partial charge on any atom is -0.313 e. The Morgan fingerprint density at radius 1 is 1.17 bits per heavy atom. The summed E-state index contributed by atoms with van der Waals surface area (Å²) in [7, 11) is -0.688. The molecule has 1 N–H and O–H groups in total. The lowest BCUT2D eigenvalue weighted by Gasteiger charge is -2.29. The number of hydrogen-bond donors (Lipinski definition) is 1. The first-order valence-electron chi connectivity index (χ1n) is 7.70. The molecule has 3 heteroatoms. The van der Waals surface area contributed by atoms with Crippen LogP contribution in [0.4, 0.5) is 0 Å². The van der Waals surface area contributed by atoms with E-state index < -0.39 is 10.8 Å². The van der Waals surface area contributed by atoms with E-state index in [1.165, 1.54) is 25.7 Å². The Morgan fingerprint density at radius 2 is 1.83 bits per heavy atom. The van der Waals surface area contributed by atoms with Gasteiger partial charge >= 0.3 is 0 Å². The summed E-state index contributed by atoms with van der Waals surface area (Å²) in [5, 5.41) is 4.33. The molecule has 0 aromatic carbocycles. The second-order valence-corrected chi connectivity index (χ2v) is 8.02. The Morgan fingerprint density at radius 3 is 2.44 bits per heavy atom. The van der Waals surface area contributed by atoms with Gasteiger partial charge < -0.3 is 5.32 Å². The molecule has 0 aliphatic heterocycles. The third-order valence-electron chi connectivity index (χ3n) is 4.21. The van der Waals surface area contributed by atoms with Crippen LogP contribution < -0.4 is 5.32 Å². The Hall–Kier alpha value is 0.110. The largest absolute Gasteiger partial charge is 0.313 e. The summed E-state index contributed by atoms with van der Waals surface area (Å²) in [6.45, 7) is 9.80. The molecule has 1 fully saturated rings. The average Bonchev–Trinajstić information content (AvgIpc) is 2.59. The van der Waals surface area contributed by atoms with Crippen LogP contribution in [0.5, 0.6) is 0 Å². The van der Waals surface area contributed by atoms with E-state index in [1.807, 2.05) is 0 Å². The van der Waals surface area contributed by atoms with Crippen LogP contribution >= 0.6 is 0 Å². The van der Waals surface area contributed by atoms with Gasteiger partial charge in [0.2, 0.25) is 0 Å². The van der Waals surface area contributed by atoms with Crippen LogP contribution in [-0.2, 0) is 10.8 Å². The minimum atomic E-state index is -0.688. The molecule has 0 bridgehead atoms. The van der Waals surface area contributed by atoms with E-state index in [9.17, 15) is 4.21 Å². The van der Waals surface area contributed by atoms with Gasteiger partial charge in [0, 0.05) is 22.1 Å². The number of hydrogen-bond acceptors (Lipinski definition) is 2. The van der Waals surface area contributed by atoms with Gasteiger partial charge in [0.15, 0.2) is 0 Å². The molecule has 1 saturated carbocycles. The van der Waals surface area contributed by atoms with Gasteiger partial charge in [-0.2, -0.15) is 0 Å². The van der Waals surface area contributed by atoms with Gasteiger partial charge in [-0.1, -0.05) is 47.0 Å². The van der Waals surface area contributed by atoms with Crippen molar-refractivity contribution in [2.24, 2.45) is 5.92 Å². The SMILES string of the molecule is CCCNC1CCCCCC1S(=O)C(C)C(C)C. The van der Waals surface area contributed by atoms with Crippen molar-refractivity contribution in [2.45, 2.75) is 82.8 Å². The number of nitrogens with one attached hydrogen (secondary N) is 1. The van der Waals surface area contributed by atoms with E-state index in [0.29, 0.717) is 22.5 Å².